The molecule has 0 bridgehead atoms. The van der Waals surface area contributed by atoms with Crippen molar-refractivity contribution in [3.8, 4) is 11.5 Å². The third kappa shape index (κ3) is 4.96. The second-order valence-corrected chi connectivity index (χ2v) is 9.04. The molecule has 1 unspecified atom stereocenters. The molecule has 6 nitrogen and oxygen atoms in total. The number of likely N-dealkylation sites (tertiary alicyclic amines) is 1. The van der Waals surface area contributed by atoms with E-state index in [0.717, 1.165) is 12.1 Å². The van der Waals surface area contributed by atoms with Gasteiger partial charge in [0.15, 0.2) is 0 Å². The first-order valence-electron chi connectivity index (χ1n) is 11.7. The highest BCUT2D eigenvalue weighted by molar-refractivity contribution is 6.46. The van der Waals surface area contributed by atoms with Gasteiger partial charge in [-0.15, -0.1) is 0 Å². The Morgan fingerprint density at radius 3 is 2.24 bits per heavy atom. The Labute approximate surface area is 217 Å². The Bertz CT molecular complexity index is 1430. The Balaban J connectivity index is 1.88. The van der Waals surface area contributed by atoms with Gasteiger partial charge in [-0.3, -0.25) is 9.59 Å². The first-order chi connectivity index (χ1) is 18.0. The molecule has 38 heavy (non-hydrogen) atoms. The lowest BCUT2D eigenvalue weighted by molar-refractivity contribution is -0.140. The second kappa shape index (κ2) is 10.2. The fraction of sp³-hybridized carbons (Fsp3) is 0.241. The van der Waals surface area contributed by atoms with Crippen LogP contribution >= 0.6 is 0 Å². The van der Waals surface area contributed by atoms with Gasteiger partial charge in [0.25, 0.3) is 11.7 Å². The van der Waals surface area contributed by atoms with Crippen LogP contribution in [-0.2, 0) is 22.3 Å². The molecule has 1 amide bonds. The highest BCUT2D eigenvalue weighted by atomic mass is 19.4. The van der Waals surface area contributed by atoms with Crippen LogP contribution in [0, 0.1) is 13.8 Å². The van der Waals surface area contributed by atoms with Crippen molar-refractivity contribution in [2.75, 3.05) is 14.2 Å². The van der Waals surface area contributed by atoms with E-state index in [2.05, 4.69) is 0 Å². The van der Waals surface area contributed by atoms with Gasteiger partial charge in [0.1, 0.15) is 17.3 Å². The van der Waals surface area contributed by atoms with Crippen LogP contribution < -0.4 is 9.47 Å². The molecule has 4 rings (SSSR count). The summed E-state index contributed by atoms with van der Waals surface area (Å²) in [4.78, 5) is 27.8. The zero-order valence-corrected chi connectivity index (χ0v) is 21.2. The van der Waals surface area contributed by atoms with Gasteiger partial charge in [-0.2, -0.15) is 13.2 Å². The summed E-state index contributed by atoms with van der Waals surface area (Å²) < 4.78 is 50.5. The Kier molecular flexibility index (Phi) is 7.22. The van der Waals surface area contributed by atoms with Gasteiger partial charge >= 0.3 is 6.18 Å². The van der Waals surface area contributed by atoms with Crippen LogP contribution in [-0.4, -0.2) is 35.9 Å². The number of hydrogen-bond donors (Lipinski definition) is 1. The minimum Gasteiger partial charge on any atom is -0.507 e. The highest BCUT2D eigenvalue weighted by Crippen LogP contribution is 2.42. The molecular formula is C29H26F3NO5. The molecule has 1 aliphatic heterocycles. The third-order valence-electron chi connectivity index (χ3n) is 6.58. The van der Waals surface area contributed by atoms with Crippen molar-refractivity contribution in [1.82, 2.24) is 4.90 Å². The predicted molar refractivity (Wildman–Crippen MR) is 135 cm³/mol. The molecule has 0 aromatic heterocycles. The lowest BCUT2D eigenvalue weighted by atomic mass is 9.93. The summed E-state index contributed by atoms with van der Waals surface area (Å²) in [7, 11) is 3.01. The largest absolute Gasteiger partial charge is 0.507 e. The summed E-state index contributed by atoms with van der Waals surface area (Å²) in [6, 6.07) is 13.5. The Hall–Kier alpha value is -4.27. The number of ketones is 1. The number of carbonyl (C=O) groups is 2. The number of Topliss-reactive ketones (excluding diaryl/α,β-unsaturated/α-hetero) is 1. The van der Waals surface area contributed by atoms with Crippen molar-refractivity contribution < 1.29 is 37.3 Å². The van der Waals surface area contributed by atoms with Crippen molar-refractivity contribution in [3.63, 3.8) is 0 Å². The number of alkyl halides is 3. The molecule has 3 aromatic carbocycles. The van der Waals surface area contributed by atoms with E-state index in [1.54, 1.807) is 50.2 Å². The summed E-state index contributed by atoms with van der Waals surface area (Å²) in [6.45, 7) is 3.24. The smallest absolute Gasteiger partial charge is 0.416 e. The number of ether oxygens (including phenoxy) is 2. The molecule has 1 N–H and O–H groups in total. The molecule has 3 aromatic rings. The van der Waals surface area contributed by atoms with E-state index >= 15 is 0 Å². The van der Waals surface area contributed by atoms with Gasteiger partial charge in [-0.05, 0) is 72.5 Å². The SMILES string of the molecule is COc1ccc(C2/C(=C(\O)c3cc(C)c(OC)cc3C)C(=O)C(=O)N2Cc2cccc(C(F)(F)F)c2)cc1. The van der Waals surface area contributed by atoms with Crippen molar-refractivity contribution in [3.05, 3.63) is 99.6 Å². The maximum atomic E-state index is 13.3. The topological polar surface area (TPSA) is 76.1 Å². The van der Waals surface area contributed by atoms with Gasteiger partial charge in [0.05, 0.1) is 31.4 Å². The van der Waals surface area contributed by atoms with Gasteiger partial charge in [-0.25, -0.2) is 0 Å². The fourth-order valence-electron chi connectivity index (χ4n) is 4.63. The van der Waals surface area contributed by atoms with Crippen LogP contribution in [0.2, 0.25) is 0 Å². The first-order valence-corrected chi connectivity index (χ1v) is 11.7. The number of carbonyl (C=O) groups excluding carboxylic acids is 2. The van der Waals surface area contributed by atoms with Crippen molar-refractivity contribution in [2.45, 2.75) is 32.6 Å². The van der Waals surface area contributed by atoms with Crippen molar-refractivity contribution >= 4 is 17.4 Å². The second-order valence-electron chi connectivity index (χ2n) is 9.04. The number of hydrogen-bond acceptors (Lipinski definition) is 5. The molecule has 0 spiro atoms. The first kappa shape index (κ1) is 26.8. The van der Waals surface area contributed by atoms with E-state index in [-0.39, 0.29) is 23.4 Å². The van der Waals surface area contributed by atoms with E-state index < -0.39 is 29.5 Å². The number of methoxy groups -OCH3 is 2. The van der Waals surface area contributed by atoms with Crippen molar-refractivity contribution in [1.29, 1.82) is 0 Å². The monoisotopic (exact) mass is 525 g/mol. The fourth-order valence-corrected chi connectivity index (χ4v) is 4.63. The summed E-state index contributed by atoms with van der Waals surface area (Å²) in [5.74, 6) is -1.10. The molecule has 0 saturated carbocycles. The number of amides is 1. The number of aliphatic hydroxyl groups is 1. The van der Waals surface area contributed by atoms with Crippen LogP contribution in [0.15, 0.2) is 66.2 Å². The quantitative estimate of drug-likeness (QED) is 0.244. The van der Waals surface area contributed by atoms with E-state index in [4.69, 9.17) is 9.47 Å². The molecule has 0 radical (unpaired) electrons. The van der Waals surface area contributed by atoms with E-state index in [0.29, 0.717) is 33.8 Å². The predicted octanol–water partition coefficient (Wildman–Crippen LogP) is 5.96. The maximum Gasteiger partial charge on any atom is 0.416 e. The minimum atomic E-state index is -4.57. The minimum absolute atomic E-state index is 0.153. The summed E-state index contributed by atoms with van der Waals surface area (Å²) in [5, 5.41) is 11.4. The highest BCUT2D eigenvalue weighted by Gasteiger charge is 2.46. The van der Waals surface area contributed by atoms with Crippen LogP contribution in [0.25, 0.3) is 5.76 Å². The Morgan fingerprint density at radius 2 is 1.63 bits per heavy atom. The van der Waals surface area contributed by atoms with Crippen LogP contribution in [0.1, 0.15) is 39.4 Å². The number of nitrogens with zero attached hydrogens (tertiary/aromatic N) is 1. The molecule has 1 aliphatic rings. The number of rotatable bonds is 6. The molecular weight excluding hydrogens is 499 g/mol. The number of benzene rings is 3. The van der Waals surface area contributed by atoms with Gasteiger partial charge in [0, 0.05) is 12.1 Å². The maximum absolute atomic E-state index is 13.3. The van der Waals surface area contributed by atoms with Crippen LogP contribution in [0.3, 0.4) is 0 Å². The molecule has 1 atom stereocenters. The summed E-state index contributed by atoms with van der Waals surface area (Å²) >= 11 is 0. The number of aryl methyl sites for hydroxylation is 2. The summed E-state index contributed by atoms with van der Waals surface area (Å²) in [5.41, 5.74) is 1.33. The Morgan fingerprint density at radius 1 is 0.947 bits per heavy atom. The lowest BCUT2D eigenvalue weighted by Gasteiger charge is -2.26. The van der Waals surface area contributed by atoms with Gasteiger partial charge in [-0.1, -0.05) is 24.3 Å². The van der Waals surface area contributed by atoms with Crippen LogP contribution in [0.5, 0.6) is 11.5 Å². The molecule has 1 heterocycles. The standard InChI is InChI=1S/C29H26F3NO5/c1-16-13-23(38-4)17(2)12-22(16)26(34)24-25(19-8-10-21(37-3)11-9-19)33(28(36)27(24)35)15-18-6-5-7-20(14-18)29(30,31)32/h5-14,25,34H,15H2,1-4H3/b26-24+. The zero-order valence-electron chi connectivity index (χ0n) is 21.2. The van der Waals surface area contributed by atoms with Crippen molar-refractivity contribution in [2.24, 2.45) is 0 Å². The van der Waals surface area contributed by atoms with Crippen LogP contribution in [0.4, 0.5) is 13.2 Å². The molecule has 1 saturated heterocycles. The zero-order chi connectivity index (χ0) is 27.8. The van der Waals surface area contributed by atoms with Gasteiger partial charge in [0.2, 0.25) is 0 Å². The number of aliphatic hydroxyl groups excluding tert-OH is 1. The van der Waals surface area contributed by atoms with Gasteiger partial charge < -0.3 is 19.5 Å². The molecule has 0 aliphatic carbocycles. The van der Waals surface area contributed by atoms with E-state index in [9.17, 15) is 27.9 Å². The number of halogens is 3. The lowest BCUT2D eigenvalue weighted by Crippen LogP contribution is -2.29. The molecule has 198 valence electrons. The third-order valence-corrected chi connectivity index (χ3v) is 6.58. The summed E-state index contributed by atoms with van der Waals surface area (Å²) in [6.07, 6.45) is -4.57. The van der Waals surface area contributed by atoms with E-state index in [1.165, 1.54) is 31.3 Å². The average molecular weight is 526 g/mol. The normalized spacial score (nSPS) is 17.1. The molecule has 1 fully saturated rings. The molecule has 9 heteroatoms. The average Bonchev–Trinajstić information content (AvgIpc) is 3.14. The van der Waals surface area contributed by atoms with E-state index in [1.807, 2.05) is 0 Å².